The monoisotopic (exact) mass is 218 g/mol. The average Bonchev–Trinajstić information content (AvgIpc) is 2.15. The Labute approximate surface area is 86.4 Å². The topological polar surface area (TPSA) is 53.3 Å². The van der Waals surface area contributed by atoms with Gasteiger partial charge in [0, 0.05) is 12.6 Å². The molecule has 0 aliphatic rings. The number of nitrogens with zero attached hydrogens (tertiary/aromatic N) is 2. The Bertz CT molecular complexity index is 248. The van der Waals surface area contributed by atoms with E-state index in [1.54, 1.807) is 10.5 Å². The van der Waals surface area contributed by atoms with Crippen LogP contribution in [0.2, 0.25) is 0 Å². The minimum Gasteiger partial charge on any atom is -0.307 e. The van der Waals surface area contributed by atoms with Gasteiger partial charge >= 0.3 is 7.52 Å². The molecule has 0 radical (unpaired) electrons. The fraction of sp³-hybridized carbons (Fsp3) is 0.889. The Morgan fingerprint density at radius 2 is 2.07 bits per heavy atom. The van der Waals surface area contributed by atoms with Crippen molar-refractivity contribution in [3.8, 4) is 5.81 Å². The SMILES string of the molecule is CCCOP(=O)(C#N)N(CC)C(C)C. The Morgan fingerprint density at radius 1 is 1.50 bits per heavy atom. The van der Waals surface area contributed by atoms with E-state index in [2.05, 4.69) is 0 Å². The lowest BCUT2D eigenvalue weighted by Crippen LogP contribution is -2.28. The summed E-state index contributed by atoms with van der Waals surface area (Å²) in [5.41, 5.74) is 0. The van der Waals surface area contributed by atoms with E-state index in [1.165, 1.54) is 0 Å². The predicted molar refractivity (Wildman–Crippen MR) is 57.0 cm³/mol. The molecule has 14 heavy (non-hydrogen) atoms. The maximum absolute atomic E-state index is 12.1. The number of hydrogen-bond acceptors (Lipinski definition) is 3. The molecule has 0 aromatic carbocycles. The van der Waals surface area contributed by atoms with Crippen LogP contribution in [0.5, 0.6) is 0 Å². The molecule has 0 fully saturated rings. The summed E-state index contributed by atoms with van der Waals surface area (Å²) in [6, 6.07) is 0.0577. The third kappa shape index (κ3) is 3.42. The van der Waals surface area contributed by atoms with Crippen LogP contribution in [-0.4, -0.2) is 23.9 Å². The molecule has 0 saturated heterocycles. The van der Waals surface area contributed by atoms with Crippen molar-refractivity contribution in [3.05, 3.63) is 0 Å². The molecule has 0 aliphatic carbocycles. The minimum atomic E-state index is -3.24. The Balaban J connectivity index is 4.66. The lowest BCUT2D eigenvalue weighted by atomic mass is 10.4. The average molecular weight is 218 g/mol. The fourth-order valence-electron chi connectivity index (χ4n) is 1.23. The molecule has 0 rings (SSSR count). The second-order valence-electron chi connectivity index (χ2n) is 3.30. The quantitative estimate of drug-likeness (QED) is 0.643. The van der Waals surface area contributed by atoms with Gasteiger partial charge in [-0.3, -0.25) is 4.57 Å². The highest BCUT2D eigenvalue weighted by molar-refractivity contribution is 7.61. The van der Waals surface area contributed by atoms with Gasteiger partial charge in [0.25, 0.3) is 0 Å². The van der Waals surface area contributed by atoms with Crippen molar-refractivity contribution in [2.75, 3.05) is 13.2 Å². The Hall–Kier alpha value is -0.360. The van der Waals surface area contributed by atoms with E-state index in [9.17, 15) is 4.57 Å². The highest BCUT2D eigenvalue weighted by atomic mass is 31.2. The minimum absolute atomic E-state index is 0.0577. The normalized spacial score (nSPS) is 15.5. The van der Waals surface area contributed by atoms with Crippen molar-refractivity contribution in [3.63, 3.8) is 0 Å². The van der Waals surface area contributed by atoms with Crippen LogP contribution >= 0.6 is 7.52 Å². The third-order valence-corrected chi connectivity index (χ3v) is 4.06. The Morgan fingerprint density at radius 3 is 2.36 bits per heavy atom. The summed E-state index contributed by atoms with van der Waals surface area (Å²) in [5, 5.41) is 8.88. The van der Waals surface area contributed by atoms with Crippen LogP contribution in [0.25, 0.3) is 0 Å². The molecule has 0 heterocycles. The van der Waals surface area contributed by atoms with Crippen molar-refractivity contribution < 1.29 is 9.09 Å². The van der Waals surface area contributed by atoms with Gasteiger partial charge < -0.3 is 4.52 Å². The lowest BCUT2D eigenvalue weighted by molar-refractivity contribution is 0.252. The smallest absolute Gasteiger partial charge is 0.307 e. The molecular weight excluding hydrogens is 199 g/mol. The zero-order chi connectivity index (χ0) is 11.2. The van der Waals surface area contributed by atoms with Crippen molar-refractivity contribution in [1.82, 2.24) is 4.67 Å². The summed E-state index contributed by atoms with van der Waals surface area (Å²) in [6.45, 7) is 8.54. The molecule has 0 saturated carbocycles. The van der Waals surface area contributed by atoms with Gasteiger partial charge in [0.05, 0.1) is 6.61 Å². The van der Waals surface area contributed by atoms with E-state index < -0.39 is 7.52 Å². The van der Waals surface area contributed by atoms with E-state index in [-0.39, 0.29) is 6.04 Å². The number of nitriles is 1. The molecular formula is C9H19N2O2P. The predicted octanol–water partition coefficient (Wildman–Crippen LogP) is 2.82. The van der Waals surface area contributed by atoms with Crippen LogP contribution in [0.15, 0.2) is 0 Å². The zero-order valence-corrected chi connectivity index (χ0v) is 10.3. The lowest BCUT2D eigenvalue weighted by Gasteiger charge is -2.28. The number of hydrogen-bond donors (Lipinski definition) is 0. The van der Waals surface area contributed by atoms with Crippen LogP contribution in [0.3, 0.4) is 0 Å². The highest BCUT2D eigenvalue weighted by Crippen LogP contribution is 2.50. The maximum Gasteiger partial charge on any atom is 0.371 e. The van der Waals surface area contributed by atoms with Crippen LogP contribution in [-0.2, 0) is 9.09 Å². The van der Waals surface area contributed by atoms with Gasteiger partial charge in [0.15, 0.2) is 5.81 Å². The van der Waals surface area contributed by atoms with Gasteiger partial charge in [-0.15, -0.1) is 0 Å². The molecule has 0 aromatic heterocycles. The molecule has 0 aliphatic heterocycles. The molecule has 0 bridgehead atoms. The molecule has 0 N–H and O–H groups in total. The summed E-state index contributed by atoms with van der Waals surface area (Å²) in [4.78, 5) is 0. The summed E-state index contributed by atoms with van der Waals surface area (Å²) in [7, 11) is -3.24. The molecule has 0 spiro atoms. The standard InChI is InChI=1S/C9H19N2O2P/c1-5-7-13-14(12,8-10)11(6-2)9(3)4/h9H,5-7H2,1-4H3. The summed E-state index contributed by atoms with van der Waals surface area (Å²) in [6.07, 6.45) is 0.765. The van der Waals surface area contributed by atoms with Gasteiger partial charge in [-0.25, -0.2) is 4.67 Å². The fourth-order valence-corrected chi connectivity index (χ4v) is 2.96. The van der Waals surface area contributed by atoms with Gasteiger partial charge in [-0.2, -0.15) is 5.26 Å². The van der Waals surface area contributed by atoms with Crippen LogP contribution in [0, 0.1) is 11.1 Å². The zero-order valence-electron chi connectivity index (χ0n) is 9.36. The van der Waals surface area contributed by atoms with E-state index in [4.69, 9.17) is 9.79 Å². The third-order valence-electron chi connectivity index (χ3n) is 1.86. The van der Waals surface area contributed by atoms with Crippen LogP contribution in [0.1, 0.15) is 34.1 Å². The van der Waals surface area contributed by atoms with Crippen molar-refractivity contribution >= 4 is 7.52 Å². The van der Waals surface area contributed by atoms with E-state index in [0.717, 1.165) is 6.42 Å². The van der Waals surface area contributed by atoms with Gasteiger partial charge in [0.1, 0.15) is 0 Å². The summed E-state index contributed by atoms with van der Waals surface area (Å²) >= 11 is 0. The highest BCUT2D eigenvalue weighted by Gasteiger charge is 2.32. The molecule has 0 amide bonds. The van der Waals surface area contributed by atoms with E-state index in [0.29, 0.717) is 13.2 Å². The molecule has 0 aromatic rings. The van der Waals surface area contributed by atoms with Gasteiger partial charge in [-0.05, 0) is 20.3 Å². The molecule has 1 unspecified atom stereocenters. The molecule has 4 nitrogen and oxygen atoms in total. The first-order chi connectivity index (χ1) is 6.51. The van der Waals surface area contributed by atoms with Crippen molar-refractivity contribution in [1.29, 1.82) is 5.26 Å². The van der Waals surface area contributed by atoms with Crippen molar-refractivity contribution in [2.45, 2.75) is 40.2 Å². The molecule has 82 valence electrons. The largest absolute Gasteiger partial charge is 0.371 e. The van der Waals surface area contributed by atoms with E-state index in [1.807, 2.05) is 27.7 Å². The van der Waals surface area contributed by atoms with Crippen molar-refractivity contribution in [2.24, 2.45) is 0 Å². The Kier molecular flexibility index (Phi) is 6.03. The number of rotatable bonds is 6. The van der Waals surface area contributed by atoms with Crippen LogP contribution in [0.4, 0.5) is 0 Å². The molecule has 1 atom stereocenters. The second kappa shape index (κ2) is 6.19. The first-order valence-corrected chi connectivity index (χ1v) is 6.52. The summed E-state index contributed by atoms with van der Waals surface area (Å²) < 4.78 is 18.8. The van der Waals surface area contributed by atoms with Gasteiger partial charge in [-0.1, -0.05) is 13.8 Å². The first-order valence-electron chi connectivity index (χ1n) is 4.94. The summed E-state index contributed by atoms with van der Waals surface area (Å²) in [5.74, 6) is 1.80. The van der Waals surface area contributed by atoms with E-state index >= 15 is 0 Å². The second-order valence-corrected chi connectivity index (χ2v) is 5.32. The molecule has 5 heteroatoms. The van der Waals surface area contributed by atoms with Gasteiger partial charge in [0.2, 0.25) is 0 Å². The van der Waals surface area contributed by atoms with Crippen LogP contribution < -0.4 is 0 Å². The maximum atomic E-state index is 12.1. The first kappa shape index (κ1) is 13.6.